The number of carbonyl (C=O) groups is 2. The van der Waals surface area contributed by atoms with Crippen LogP contribution >= 0.6 is 0 Å². The van der Waals surface area contributed by atoms with Gasteiger partial charge in [-0.1, -0.05) is 6.07 Å². The number of carbonyl (C=O) groups excluding carboxylic acids is 2. The maximum absolute atomic E-state index is 12.1. The minimum absolute atomic E-state index is 0.0652. The van der Waals surface area contributed by atoms with Crippen LogP contribution in [-0.4, -0.2) is 26.1 Å². The van der Waals surface area contributed by atoms with Gasteiger partial charge >= 0.3 is 5.97 Å². The molecule has 5 heteroatoms. The highest BCUT2D eigenvalue weighted by Crippen LogP contribution is 2.32. The van der Waals surface area contributed by atoms with Crippen LogP contribution in [0.15, 0.2) is 35.5 Å². The Labute approximate surface area is 111 Å². The second kappa shape index (κ2) is 5.14. The largest absolute Gasteiger partial charge is 0.497 e. The van der Waals surface area contributed by atoms with Crippen LogP contribution in [-0.2, 0) is 14.3 Å². The summed E-state index contributed by atoms with van der Waals surface area (Å²) < 4.78 is 9.82. The number of ether oxygens (including phenoxy) is 2. The first kappa shape index (κ1) is 13.1. The van der Waals surface area contributed by atoms with E-state index in [1.807, 2.05) is 0 Å². The zero-order valence-corrected chi connectivity index (χ0v) is 11.1. The van der Waals surface area contributed by atoms with Gasteiger partial charge < -0.3 is 9.47 Å². The highest BCUT2D eigenvalue weighted by atomic mass is 16.5. The molecule has 0 N–H and O–H groups in total. The molecule has 2 rings (SSSR count). The van der Waals surface area contributed by atoms with Gasteiger partial charge in [-0.05, 0) is 19.1 Å². The topological polar surface area (TPSA) is 55.8 Å². The number of allylic oxidation sites excluding steroid dienone is 1. The summed E-state index contributed by atoms with van der Waals surface area (Å²) in [5.74, 6) is 0.0482. The number of anilines is 1. The summed E-state index contributed by atoms with van der Waals surface area (Å²) in [7, 11) is 2.87. The van der Waals surface area contributed by atoms with Crippen LogP contribution in [0, 0.1) is 0 Å². The van der Waals surface area contributed by atoms with Crippen molar-refractivity contribution in [3.8, 4) is 5.75 Å². The molecule has 0 saturated carbocycles. The van der Waals surface area contributed by atoms with E-state index in [1.165, 1.54) is 12.0 Å². The maximum atomic E-state index is 12.1. The molecular weight excluding hydrogens is 246 g/mol. The SMILES string of the molecule is COC(=O)C1=C(C)N(c2cccc(OC)c2)C(=O)C1. The molecule has 1 amide bonds. The zero-order chi connectivity index (χ0) is 14.0. The molecule has 1 heterocycles. The molecule has 0 spiro atoms. The first-order valence-corrected chi connectivity index (χ1v) is 5.83. The van der Waals surface area contributed by atoms with Gasteiger partial charge in [-0.2, -0.15) is 0 Å². The molecule has 0 atom stereocenters. The van der Waals surface area contributed by atoms with Gasteiger partial charge in [-0.3, -0.25) is 9.69 Å². The highest BCUT2D eigenvalue weighted by Gasteiger charge is 2.32. The molecule has 1 aromatic carbocycles. The van der Waals surface area contributed by atoms with E-state index in [0.29, 0.717) is 22.7 Å². The lowest BCUT2D eigenvalue weighted by Gasteiger charge is -2.18. The van der Waals surface area contributed by atoms with Crippen molar-refractivity contribution in [3.63, 3.8) is 0 Å². The summed E-state index contributed by atoms with van der Waals surface area (Å²) in [6.45, 7) is 1.73. The molecule has 19 heavy (non-hydrogen) atoms. The molecule has 0 unspecified atom stereocenters. The Hall–Kier alpha value is -2.30. The summed E-state index contributed by atoms with van der Waals surface area (Å²) in [6.07, 6.45) is 0.0652. The normalized spacial score (nSPS) is 14.9. The fraction of sp³-hybridized carbons (Fsp3) is 0.286. The fourth-order valence-electron chi connectivity index (χ4n) is 2.11. The molecule has 1 aliphatic heterocycles. The Balaban J connectivity index is 2.41. The first-order valence-electron chi connectivity index (χ1n) is 5.83. The maximum Gasteiger partial charge on any atom is 0.336 e. The Morgan fingerprint density at radius 1 is 1.32 bits per heavy atom. The molecule has 0 saturated heterocycles. The van der Waals surface area contributed by atoms with Gasteiger partial charge in [-0.25, -0.2) is 4.79 Å². The van der Waals surface area contributed by atoms with Gasteiger partial charge in [-0.15, -0.1) is 0 Å². The number of rotatable bonds is 3. The quantitative estimate of drug-likeness (QED) is 0.779. The lowest BCUT2D eigenvalue weighted by molar-refractivity contribution is -0.136. The monoisotopic (exact) mass is 261 g/mol. The molecule has 0 aliphatic carbocycles. The van der Waals surface area contributed by atoms with Gasteiger partial charge in [0.1, 0.15) is 5.75 Å². The van der Waals surface area contributed by atoms with Crippen LogP contribution in [0.25, 0.3) is 0 Å². The number of hydrogen-bond acceptors (Lipinski definition) is 4. The Kier molecular flexibility index (Phi) is 3.55. The van der Waals surface area contributed by atoms with E-state index in [4.69, 9.17) is 4.74 Å². The summed E-state index contributed by atoms with van der Waals surface area (Å²) in [6, 6.07) is 7.14. The Bertz CT molecular complexity index is 562. The van der Waals surface area contributed by atoms with Gasteiger partial charge in [0.2, 0.25) is 5.91 Å². The number of amides is 1. The average molecular weight is 261 g/mol. The fourth-order valence-corrected chi connectivity index (χ4v) is 2.11. The molecule has 5 nitrogen and oxygen atoms in total. The number of nitrogens with zero attached hydrogens (tertiary/aromatic N) is 1. The van der Waals surface area contributed by atoms with Crippen LogP contribution in [0.3, 0.4) is 0 Å². The van der Waals surface area contributed by atoms with E-state index in [1.54, 1.807) is 38.3 Å². The van der Waals surface area contributed by atoms with Gasteiger partial charge in [0.15, 0.2) is 0 Å². The predicted octanol–water partition coefficient (Wildman–Crippen LogP) is 1.88. The first-order chi connectivity index (χ1) is 9.08. The van der Waals surface area contributed by atoms with Gasteiger partial charge in [0.05, 0.1) is 31.9 Å². The van der Waals surface area contributed by atoms with E-state index in [0.717, 1.165) is 0 Å². The number of esters is 1. The molecule has 0 bridgehead atoms. The molecule has 1 aliphatic rings. The van der Waals surface area contributed by atoms with Gasteiger partial charge in [0, 0.05) is 11.8 Å². The minimum atomic E-state index is -0.462. The summed E-state index contributed by atoms with van der Waals surface area (Å²) >= 11 is 0. The van der Waals surface area contributed by atoms with E-state index in [2.05, 4.69) is 4.74 Å². The summed E-state index contributed by atoms with van der Waals surface area (Å²) in [5, 5.41) is 0. The van der Waals surface area contributed by atoms with Crippen LogP contribution in [0.5, 0.6) is 5.75 Å². The van der Waals surface area contributed by atoms with E-state index in [-0.39, 0.29) is 12.3 Å². The summed E-state index contributed by atoms with van der Waals surface area (Å²) in [4.78, 5) is 25.1. The molecule has 0 aromatic heterocycles. The third-order valence-corrected chi connectivity index (χ3v) is 3.09. The second-order valence-corrected chi connectivity index (χ2v) is 4.16. The molecule has 0 radical (unpaired) electrons. The third-order valence-electron chi connectivity index (χ3n) is 3.09. The average Bonchev–Trinajstić information content (AvgIpc) is 2.73. The Morgan fingerprint density at radius 3 is 2.68 bits per heavy atom. The standard InChI is InChI=1S/C14H15NO4/c1-9-12(14(17)19-3)8-13(16)15(9)10-5-4-6-11(7-10)18-2/h4-7H,8H2,1-3H3. The molecule has 100 valence electrons. The van der Waals surface area contributed by atoms with Crippen molar-refractivity contribution in [2.75, 3.05) is 19.1 Å². The van der Waals surface area contributed by atoms with Crippen molar-refractivity contribution in [1.29, 1.82) is 0 Å². The lowest BCUT2D eigenvalue weighted by Crippen LogP contribution is -2.23. The highest BCUT2D eigenvalue weighted by molar-refractivity contribution is 6.09. The molecular formula is C14H15NO4. The van der Waals surface area contributed by atoms with E-state index >= 15 is 0 Å². The Morgan fingerprint density at radius 2 is 2.05 bits per heavy atom. The third kappa shape index (κ3) is 2.31. The van der Waals surface area contributed by atoms with Crippen molar-refractivity contribution in [1.82, 2.24) is 0 Å². The molecule has 1 aromatic rings. The van der Waals surface area contributed by atoms with E-state index < -0.39 is 5.97 Å². The number of methoxy groups -OCH3 is 2. The molecule has 0 fully saturated rings. The van der Waals surface area contributed by atoms with Gasteiger partial charge in [0.25, 0.3) is 0 Å². The predicted molar refractivity (Wildman–Crippen MR) is 69.8 cm³/mol. The second-order valence-electron chi connectivity index (χ2n) is 4.16. The van der Waals surface area contributed by atoms with Crippen molar-refractivity contribution >= 4 is 17.6 Å². The number of benzene rings is 1. The van der Waals surface area contributed by atoms with Crippen LogP contribution in [0.1, 0.15) is 13.3 Å². The minimum Gasteiger partial charge on any atom is -0.497 e. The van der Waals surface area contributed by atoms with Crippen molar-refractivity contribution < 1.29 is 19.1 Å². The van der Waals surface area contributed by atoms with Crippen molar-refractivity contribution in [3.05, 3.63) is 35.5 Å². The lowest BCUT2D eigenvalue weighted by atomic mass is 10.2. The van der Waals surface area contributed by atoms with Crippen LogP contribution in [0.2, 0.25) is 0 Å². The number of hydrogen-bond donors (Lipinski definition) is 0. The zero-order valence-electron chi connectivity index (χ0n) is 11.1. The van der Waals surface area contributed by atoms with Crippen LogP contribution < -0.4 is 9.64 Å². The van der Waals surface area contributed by atoms with E-state index in [9.17, 15) is 9.59 Å². The van der Waals surface area contributed by atoms with Crippen molar-refractivity contribution in [2.24, 2.45) is 0 Å². The van der Waals surface area contributed by atoms with Crippen LogP contribution in [0.4, 0.5) is 5.69 Å². The van der Waals surface area contributed by atoms with Crippen molar-refractivity contribution in [2.45, 2.75) is 13.3 Å². The summed E-state index contributed by atoms with van der Waals surface area (Å²) in [5.41, 5.74) is 1.68. The smallest absolute Gasteiger partial charge is 0.336 e.